The van der Waals surface area contributed by atoms with Crippen molar-refractivity contribution in [3.63, 3.8) is 0 Å². The molecule has 2 aromatic rings. The van der Waals surface area contributed by atoms with Crippen molar-refractivity contribution in [3.8, 4) is 5.75 Å². The molecule has 0 radical (unpaired) electrons. The van der Waals surface area contributed by atoms with Crippen LogP contribution in [0.3, 0.4) is 0 Å². The molecule has 2 rings (SSSR count). The zero-order valence-electron chi connectivity index (χ0n) is 13.4. The molecular formula is C18H19Cl2NO2S. The van der Waals surface area contributed by atoms with E-state index in [0.29, 0.717) is 34.7 Å². The Balaban J connectivity index is 1.74. The second kappa shape index (κ2) is 9.82. The number of amides is 1. The second-order valence-electron chi connectivity index (χ2n) is 5.09. The van der Waals surface area contributed by atoms with Crippen LogP contribution in [0.1, 0.15) is 18.1 Å². The van der Waals surface area contributed by atoms with Gasteiger partial charge in [-0.2, -0.15) is 0 Å². The average Bonchev–Trinajstić information content (AvgIpc) is 2.56. The number of benzene rings is 2. The van der Waals surface area contributed by atoms with Gasteiger partial charge in [0.1, 0.15) is 5.75 Å². The highest BCUT2D eigenvalue weighted by Gasteiger charge is 2.05. The number of hydrogen-bond donors (Lipinski definition) is 1. The van der Waals surface area contributed by atoms with E-state index < -0.39 is 0 Å². The largest absolute Gasteiger partial charge is 0.494 e. The van der Waals surface area contributed by atoms with Gasteiger partial charge >= 0.3 is 0 Å². The normalized spacial score (nSPS) is 10.5. The van der Waals surface area contributed by atoms with E-state index in [-0.39, 0.29) is 5.91 Å². The molecule has 1 amide bonds. The first-order valence-corrected chi connectivity index (χ1v) is 9.49. The summed E-state index contributed by atoms with van der Waals surface area (Å²) in [5.41, 5.74) is 1.99. The first kappa shape index (κ1) is 19.0. The Kier molecular flexibility index (Phi) is 7.76. The maximum absolute atomic E-state index is 11.9. The molecule has 6 heteroatoms. The molecule has 0 spiro atoms. The highest BCUT2D eigenvalue weighted by molar-refractivity contribution is 7.99. The van der Waals surface area contributed by atoms with Gasteiger partial charge in [0.05, 0.1) is 12.4 Å². The van der Waals surface area contributed by atoms with Crippen molar-refractivity contribution in [2.24, 2.45) is 0 Å². The highest BCUT2D eigenvalue weighted by atomic mass is 35.5. The van der Waals surface area contributed by atoms with E-state index in [1.54, 1.807) is 12.1 Å². The number of carbonyl (C=O) groups excluding carboxylic acids is 1. The summed E-state index contributed by atoms with van der Waals surface area (Å²) in [6, 6.07) is 13.1. The van der Waals surface area contributed by atoms with E-state index >= 15 is 0 Å². The molecule has 1 N–H and O–H groups in total. The summed E-state index contributed by atoms with van der Waals surface area (Å²) < 4.78 is 5.45. The molecule has 0 aliphatic rings. The first-order valence-electron chi connectivity index (χ1n) is 7.58. The van der Waals surface area contributed by atoms with Crippen LogP contribution in [0.25, 0.3) is 0 Å². The Morgan fingerprint density at radius 3 is 2.79 bits per heavy atom. The molecule has 0 atom stereocenters. The van der Waals surface area contributed by atoms with Crippen LogP contribution in [0.15, 0.2) is 42.5 Å². The van der Waals surface area contributed by atoms with Gasteiger partial charge in [0.2, 0.25) is 5.91 Å². The lowest BCUT2D eigenvalue weighted by Gasteiger charge is -2.08. The van der Waals surface area contributed by atoms with E-state index in [1.807, 2.05) is 37.3 Å². The number of carbonyl (C=O) groups is 1. The molecule has 2 aromatic carbocycles. The van der Waals surface area contributed by atoms with Crippen LogP contribution in [0, 0.1) is 0 Å². The minimum Gasteiger partial charge on any atom is -0.494 e. The highest BCUT2D eigenvalue weighted by Crippen LogP contribution is 2.24. The lowest BCUT2D eigenvalue weighted by Crippen LogP contribution is -2.24. The third-order valence-electron chi connectivity index (χ3n) is 3.20. The van der Waals surface area contributed by atoms with Crippen molar-refractivity contribution in [2.45, 2.75) is 19.2 Å². The number of halogens is 2. The Bertz CT molecular complexity index is 694. The van der Waals surface area contributed by atoms with Crippen molar-refractivity contribution >= 4 is 40.9 Å². The third-order valence-corrected chi connectivity index (χ3v) is 4.77. The van der Waals surface area contributed by atoms with Crippen molar-refractivity contribution in [1.82, 2.24) is 5.32 Å². The molecule has 0 saturated heterocycles. The Hall–Kier alpha value is -1.36. The van der Waals surface area contributed by atoms with Gasteiger partial charge in [-0.1, -0.05) is 41.4 Å². The molecule has 0 heterocycles. The molecular weight excluding hydrogens is 365 g/mol. The van der Waals surface area contributed by atoms with Gasteiger partial charge in [-0.25, -0.2) is 0 Å². The summed E-state index contributed by atoms with van der Waals surface area (Å²) in [6.45, 7) is 3.06. The summed E-state index contributed by atoms with van der Waals surface area (Å²) in [5, 5.41) is 4.15. The molecule has 0 saturated carbocycles. The number of thioether (sulfide) groups is 1. The van der Waals surface area contributed by atoms with Gasteiger partial charge in [0.15, 0.2) is 0 Å². The minimum atomic E-state index is -0.00750. The standard InChI is InChI=1S/C18H19Cl2NO2S/c1-2-23-16-5-3-4-13(8-16)10-21-18(22)12-24-11-14-6-7-15(19)9-17(14)20/h3-9H,2,10-12H2,1H3,(H,21,22). The lowest BCUT2D eigenvalue weighted by molar-refractivity contribution is -0.118. The SMILES string of the molecule is CCOc1cccc(CNC(=O)CSCc2ccc(Cl)cc2Cl)c1. The van der Waals surface area contributed by atoms with Crippen LogP contribution < -0.4 is 10.1 Å². The third kappa shape index (κ3) is 6.27. The Labute approximate surface area is 156 Å². The van der Waals surface area contributed by atoms with Crippen molar-refractivity contribution in [1.29, 1.82) is 0 Å². The molecule has 0 aliphatic heterocycles. The van der Waals surface area contributed by atoms with E-state index in [2.05, 4.69) is 5.32 Å². The molecule has 0 aliphatic carbocycles. The minimum absolute atomic E-state index is 0.00750. The predicted molar refractivity (Wildman–Crippen MR) is 102 cm³/mol. The van der Waals surface area contributed by atoms with Crippen LogP contribution in [0.4, 0.5) is 0 Å². The fraction of sp³-hybridized carbons (Fsp3) is 0.278. The molecule has 3 nitrogen and oxygen atoms in total. The van der Waals surface area contributed by atoms with Crippen molar-refractivity contribution < 1.29 is 9.53 Å². The molecule has 0 fully saturated rings. The average molecular weight is 384 g/mol. The van der Waals surface area contributed by atoms with Gasteiger partial charge in [-0.05, 0) is 42.3 Å². The van der Waals surface area contributed by atoms with Crippen molar-refractivity contribution in [3.05, 3.63) is 63.6 Å². The van der Waals surface area contributed by atoms with E-state index in [1.165, 1.54) is 11.8 Å². The first-order chi connectivity index (χ1) is 11.6. The fourth-order valence-corrected chi connectivity index (χ4v) is 3.47. The molecule has 24 heavy (non-hydrogen) atoms. The zero-order chi connectivity index (χ0) is 17.4. The number of hydrogen-bond acceptors (Lipinski definition) is 3. The number of nitrogens with one attached hydrogen (secondary N) is 1. The summed E-state index contributed by atoms with van der Waals surface area (Å²) in [6.07, 6.45) is 0. The number of ether oxygens (including phenoxy) is 1. The van der Waals surface area contributed by atoms with E-state index in [4.69, 9.17) is 27.9 Å². The predicted octanol–water partition coefficient (Wildman–Crippen LogP) is 4.94. The fourth-order valence-electron chi connectivity index (χ4n) is 2.06. The van der Waals surface area contributed by atoms with Crippen LogP contribution >= 0.6 is 35.0 Å². The van der Waals surface area contributed by atoms with Crippen LogP contribution in [0.5, 0.6) is 5.75 Å². The van der Waals surface area contributed by atoms with Crippen molar-refractivity contribution in [2.75, 3.05) is 12.4 Å². The molecule has 0 bridgehead atoms. The molecule has 128 valence electrons. The smallest absolute Gasteiger partial charge is 0.230 e. The summed E-state index contributed by atoms with van der Waals surface area (Å²) in [5.74, 6) is 1.86. The maximum Gasteiger partial charge on any atom is 0.230 e. The summed E-state index contributed by atoms with van der Waals surface area (Å²) in [4.78, 5) is 11.9. The quantitative estimate of drug-likeness (QED) is 0.701. The lowest BCUT2D eigenvalue weighted by atomic mass is 10.2. The van der Waals surface area contributed by atoms with Gasteiger partial charge in [0.25, 0.3) is 0 Å². The molecule has 0 aromatic heterocycles. The van der Waals surface area contributed by atoms with Crippen LogP contribution in [0.2, 0.25) is 10.0 Å². The van der Waals surface area contributed by atoms with Gasteiger partial charge in [-0.15, -0.1) is 11.8 Å². The zero-order valence-corrected chi connectivity index (χ0v) is 15.7. The topological polar surface area (TPSA) is 38.3 Å². The summed E-state index contributed by atoms with van der Waals surface area (Å²) in [7, 11) is 0. The van der Waals surface area contributed by atoms with Gasteiger partial charge in [0, 0.05) is 22.3 Å². The summed E-state index contributed by atoms with van der Waals surface area (Å²) >= 11 is 13.5. The van der Waals surface area contributed by atoms with E-state index in [0.717, 1.165) is 16.9 Å². The molecule has 0 unspecified atom stereocenters. The Morgan fingerprint density at radius 1 is 1.21 bits per heavy atom. The second-order valence-corrected chi connectivity index (χ2v) is 6.91. The number of rotatable bonds is 8. The van der Waals surface area contributed by atoms with Gasteiger partial charge in [-0.3, -0.25) is 4.79 Å². The monoisotopic (exact) mass is 383 g/mol. The Morgan fingerprint density at radius 2 is 2.04 bits per heavy atom. The van der Waals surface area contributed by atoms with Gasteiger partial charge < -0.3 is 10.1 Å². The van der Waals surface area contributed by atoms with E-state index in [9.17, 15) is 4.79 Å². The van der Waals surface area contributed by atoms with Crippen LogP contribution in [-0.4, -0.2) is 18.3 Å². The maximum atomic E-state index is 11.9. The van der Waals surface area contributed by atoms with Crippen LogP contribution in [-0.2, 0) is 17.1 Å².